The number of methoxy groups -OCH3 is 1. The summed E-state index contributed by atoms with van der Waals surface area (Å²) in [6, 6.07) is 8.67. The summed E-state index contributed by atoms with van der Waals surface area (Å²) < 4.78 is 25.3. The first-order chi connectivity index (χ1) is 10.0. The van der Waals surface area contributed by atoms with Gasteiger partial charge in [0.05, 0.1) is 7.11 Å². The van der Waals surface area contributed by atoms with Crippen molar-refractivity contribution < 1.29 is 13.9 Å². The van der Waals surface area contributed by atoms with Crippen LogP contribution in [0, 0.1) is 12.7 Å². The van der Waals surface area contributed by atoms with Gasteiger partial charge in [-0.2, -0.15) is 0 Å². The van der Waals surface area contributed by atoms with E-state index in [1.165, 1.54) is 13.2 Å². The van der Waals surface area contributed by atoms with Crippen LogP contribution in [0.4, 0.5) is 4.39 Å². The fraction of sp³-hybridized carbons (Fsp3) is 0.250. The Morgan fingerprint density at radius 1 is 1.24 bits per heavy atom. The number of halogens is 2. The first-order valence-corrected chi connectivity index (χ1v) is 7.28. The SMILES string of the molecule is COc1ccc(COc2c(C)cc(Br)cc2CN)cc1F. The minimum atomic E-state index is -0.398. The summed E-state index contributed by atoms with van der Waals surface area (Å²) in [6.07, 6.45) is 0. The molecule has 112 valence electrons. The van der Waals surface area contributed by atoms with E-state index < -0.39 is 5.82 Å². The molecule has 0 aromatic heterocycles. The molecule has 0 bridgehead atoms. The molecule has 0 radical (unpaired) electrons. The topological polar surface area (TPSA) is 44.5 Å². The molecule has 0 fully saturated rings. The van der Waals surface area contributed by atoms with Crippen LogP contribution >= 0.6 is 15.9 Å². The predicted octanol–water partition coefficient (Wildman–Crippen LogP) is 3.94. The third-order valence-corrected chi connectivity index (χ3v) is 3.59. The van der Waals surface area contributed by atoms with Crippen LogP contribution in [-0.4, -0.2) is 7.11 Å². The van der Waals surface area contributed by atoms with Crippen LogP contribution in [-0.2, 0) is 13.2 Å². The second-order valence-corrected chi connectivity index (χ2v) is 5.59. The van der Waals surface area contributed by atoms with Gasteiger partial charge in [0.2, 0.25) is 0 Å². The van der Waals surface area contributed by atoms with Crippen LogP contribution in [0.1, 0.15) is 16.7 Å². The lowest BCUT2D eigenvalue weighted by Gasteiger charge is -2.14. The van der Waals surface area contributed by atoms with Crippen LogP contribution in [0.2, 0.25) is 0 Å². The van der Waals surface area contributed by atoms with Gasteiger partial charge in [-0.25, -0.2) is 4.39 Å². The molecule has 0 aliphatic rings. The maximum absolute atomic E-state index is 13.6. The Balaban J connectivity index is 2.18. The highest BCUT2D eigenvalue weighted by molar-refractivity contribution is 9.10. The van der Waals surface area contributed by atoms with E-state index >= 15 is 0 Å². The molecule has 3 nitrogen and oxygen atoms in total. The molecule has 5 heteroatoms. The summed E-state index contributed by atoms with van der Waals surface area (Å²) in [5.74, 6) is 0.573. The largest absolute Gasteiger partial charge is 0.494 e. The summed E-state index contributed by atoms with van der Waals surface area (Å²) >= 11 is 3.43. The molecule has 0 heterocycles. The third-order valence-electron chi connectivity index (χ3n) is 3.14. The smallest absolute Gasteiger partial charge is 0.165 e. The molecule has 0 saturated heterocycles. The van der Waals surface area contributed by atoms with E-state index in [0.29, 0.717) is 6.54 Å². The molecule has 2 rings (SSSR count). The fourth-order valence-corrected chi connectivity index (χ4v) is 2.73. The maximum atomic E-state index is 13.6. The van der Waals surface area contributed by atoms with Crippen molar-refractivity contribution in [3.05, 3.63) is 57.3 Å². The molecular weight excluding hydrogens is 337 g/mol. The number of aryl methyl sites for hydroxylation is 1. The summed E-state index contributed by atoms with van der Waals surface area (Å²) in [5, 5.41) is 0. The summed E-state index contributed by atoms with van der Waals surface area (Å²) in [4.78, 5) is 0. The van der Waals surface area contributed by atoms with Gasteiger partial charge in [0.15, 0.2) is 11.6 Å². The molecule has 21 heavy (non-hydrogen) atoms. The van der Waals surface area contributed by atoms with Gasteiger partial charge in [-0.15, -0.1) is 0 Å². The molecule has 0 amide bonds. The number of hydrogen-bond acceptors (Lipinski definition) is 3. The van der Waals surface area contributed by atoms with Gasteiger partial charge in [-0.1, -0.05) is 22.0 Å². The molecule has 0 aliphatic heterocycles. The van der Waals surface area contributed by atoms with Gasteiger partial charge >= 0.3 is 0 Å². The van der Waals surface area contributed by atoms with Crippen molar-refractivity contribution in [2.75, 3.05) is 7.11 Å². The number of rotatable bonds is 5. The number of nitrogens with two attached hydrogens (primary N) is 1. The highest BCUT2D eigenvalue weighted by Crippen LogP contribution is 2.29. The zero-order valence-electron chi connectivity index (χ0n) is 12.0. The second-order valence-electron chi connectivity index (χ2n) is 4.67. The van der Waals surface area contributed by atoms with E-state index in [1.54, 1.807) is 12.1 Å². The van der Waals surface area contributed by atoms with E-state index in [-0.39, 0.29) is 12.4 Å². The highest BCUT2D eigenvalue weighted by atomic mass is 79.9. The monoisotopic (exact) mass is 353 g/mol. The van der Waals surface area contributed by atoms with Gasteiger partial charge in [-0.05, 0) is 42.3 Å². The van der Waals surface area contributed by atoms with Crippen molar-refractivity contribution in [3.8, 4) is 11.5 Å². The Hall–Kier alpha value is -1.59. The lowest BCUT2D eigenvalue weighted by molar-refractivity contribution is 0.299. The standard InChI is InChI=1S/C16H17BrFNO2/c1-10-5-13(17)7-12(8-19)16(10)21-9-11-3-4-15(20-2)14(18)6-11/h3-7H,8-9,19H2,1-2H3. The fourth-order valence-electron chi connectivity index (χ4n) is 2.11. The van der Waals surface area contributed by atoms with Crippen LogP contribution in [0.5, 0.6) is 11.5 Å². The molecule has 2 aromatic rings. The lowest BCUT2D eigenvalue weighted by Crippen LogP contribution is -2.05. The Labute approximate surface area is 132 Å². The molecule has 0 atom stereocenters. The second kappa shape index (κ2) is 6.91. The van der Waals surface area contributed by atoms with Gasteiger partial charge in [0.1, 0.15) is 12.4 Å². The van der Waals surface area contributed by atoms with Crippen LogP contribution in [0.3, 0.4) is 0 Å². The number of benzene rings is 2. The lowest BCUT2D eigenvalue weighted by atomic mass is 10.1. The predicted molar refractivity (Wildman–Crippen MR) is 84.1 cm³/mol. The highest BCUT2D eigenvalue weighted by Gasteiger charge is 2.09. The first-order valence-electron chi connectivity index (χ1n) is 6.49. The van der Waals surface area contributed by atoms with E-state index in [2.05, 4.69) is 15.9 Å². The Morgan fingerprint density at radius 3 is 2.62 bits per heavy atom. The van der Waals surface area contributed by atoms with Crippen LogP contribution in [0.25, 0.3) is 0 Å². The molecule has 0 unspecified atom stereocenters. The number of hydrogen-bond donors (Lipinski definition) is 1. The maximum Gasteiger partial charge on any atom is 0.165 e. The molecule has 2 aromatic carbocycles. The van der Waals surface area contributed by atoms with Crippen molar-refractivity contribution in [3.63, 3.8) is 0 Å². The van der Waals surface area contributed by atoms with Crippen LogP contribution in [0.15, 0.2) is 34.8 Å². The molecule has 0 aliphatic carbocycles. The van der Waals surface area contributed by atoms with E-state index in [9.17, 15) is 4.39 Å². The minimum Gasteiger partial charge on any atom is -0.494 e. The molecule has 0 spiro atoms. The zero-order chi connectivity index (χ0) is 15.4. The molecule has 0 saturated carbocycles. The first kappa shape index (κ1) is 15.8. The Bertz CT molecular complexity index is 646. The van der Waals surface area contributed by atoms with E-state index in [4.69, 9.17) is 15.2 Å². The van der Waals surface area contributed by atoms with Crippen molar-refractivity contribution in [2.24, 2.45) is 5.73 Å². The van der Waals surface area contributed by atoms with Gasteiger partial charge < -0.3 is 15.2 Å². The van der Waals surface area contributed by atoms with E-state index in [0.717, 1.165) is 26.9 Å². The van der Waals surface area contributed by atoms with Crippen LogP contribution < -0.4 is 15.2 Å². The van der Waals surface area contributed by atoms with Crippen molar-refractivity contribution in [1.82, 2.24) is 0 Å². The summed E-state index contributed by atoms with van der Waals surface area (Å²) in [6.45, 7) is 2.61. The van der Waals surface area contributed by atoms with Crippen molar-refractivity contribution >= 4 is 15.9 Å². The third kappa shape index (κ3) is 3.74. The average molecular weight is 354 g/mol. The zero-order valence-corrected chi connectivity index (χ0v) is 13.5. The number of ether oxygens (including phenoxy) is 2. The quantitative estimate of drug-likeness (QED) is 0.885. The average Bonchev–Trinajstić information content (AvgIpc) is 2.45. The minimum absolute atomic E-state index is 0.223. The Kier molecular flexibility index (Phi) is 5.20. The normalized spacial score (nSPS) is 10.5. The van der Waals surface area contributed by atoms with Crippen molar-refractivity contribution in [2.45, 2.75) is 20.1 Å². The summed E-state index contributed by atoms with van der Waals surface area (Å²) in [5.41, 5.74) is 8.37. The Morgan fingerprint density at radius 2 is 2.00 bits per heavy atom. The van der Waals surface area contributed by atoms with Gasteiger partial charge in [0, 0.05) is 16.6 Å². The van der Waals surface area contributed by atoms with Gasteiger partial charge in [-0.3, -0.25) is 0 Å². The van der Waals surface area contributed by atoms with Crippen molar-refractivity contribution in [1.29, 1.82) is 0 Å². The van der Waals surface area contributed by atoms with E-state index in [1.807, 2.05) is 19.1 Å². The molecular formula is C16H17BrFNO2. The van der Waals surface area contributed by atoms with Gasteiger partial charge in [0.25, 0.3) is 0 Å². The molecule has 2 N–H and O–H groups in total. The summed E-state index contributed by atoms with van der Waals surface area (Å²) in [7, 11) is 1.44.